The van der Waals surface area contributed by atoms with Crippen molar-refractivity contribution in [3.8, 4) is 0 Å². The van der Waals surface area contributed by atoms with Gasteiger partial charge in [0.1, 0.15) is 0 Å². The lowest BCUT2D eigenvalue weighted by molar-refractivity contribution is -0.148. The highest BCUT2D eigenvalue weighted by Crippen LogP contribution is 2.37. The maximum atomic E-state index is 12.4. The van der Waals surface area contributed by atoms with Gasteiger partial charge in [-0.25, -0.2) is 0 Å². The molecular formula is C21H25N3O6. The van der Waals surface area contributed by atoms with Crippen LogP contribution in [0, 0.1) is 11.8 Å². The number of nitrogens with zero attached hydrogens (tertiary/aromatic N) is 1. The van der Waals surface area contributed by atoms with Gasteiger partial charge in [0.05, 0.1) is 18.3 Å². The highest BCUT2D eigenvalue weighted by Gasteiger charge is 2.47. The Labute approximate surface area is 174 Å². The molecule has 2 N–H and O–H groups in total. The van der Waals surface area contributed by atoms with E-state index >= 15 is 0 Å². The molecule has 4 amide bonds. The maximum Gasteiger partial charge on any atom is 0.308 e. The van der Waals surface area contributed by atoms with E-state index in [-0.39, 0.29) is 42.5 Å². The van der Waals surface area contributed by atoms with E-state index in [4.69, 9.17) is 4.74 Å². The van der Waals surface area contributed by atoms with Crippen LogP contribution in [-0.4, -0.2) is 54.7 Å². The van der Waals surface area contributed by atoms with E-state index in [0.29, 0.717) is 11.3 Å². The molecule has 0 spiro atoms. The zero-order valence-corrected chi connectivity index (χ0v) is 16.8. The number of anilines is 1. The molecule has 3 rings (SSSR count). The second-order valence-electron chi connectivity index (χ2n) is 7.44. The van der Waals surface area contributed by atoms with Crippen molar-refractivity contribution in [3.05, 3.63) is 29.8 Å². The van der Waals surface area contributed by atoms with Gasteiger partial charge in [-0.15, -0.1) is 0 Å². The number of ether oxygens (including phenoxy) is 1. The standard InChI is InChI=1S/C21H25N3O6/c1-22-19(27)13-5-4-6-14(11-13)23-17(25)12-30-18(26)9-10-24-20(28)15-7-2-3-8-16(15)21(24)29/h4-6,11,15-16H,2-3,7-10,12H2,1H3,(H,22,27)(H,23,25)/t15-,16-/m0/s1. The lowest BCUT2D eigenvalue weighted by atomic mass is 9.81. The molecule has 1 aliphatic carbocycles. The van der Waals surface area contributed by atoms with E-state index < -0.39 is 18.5 Å². The molecular weight excluding hydrogens is 390 g/mol. The van der Waals surface area contributed by atoms with Gasteiger partial charge in [-0.1, -0.05) is 18.9 Å². The smallest absolute Gasteiger partial charge is 0.308 e. The number of rotatable bonds is 7. The molecule has 0 radical (unpaired) electrons. The lowest BCUT2D eigenvalue weighted by Gasteiger charge is -2.19. The number of fused-ring (bicyclic) bond motifs is 1. The van der Waals surface area contributed by atoms with Crippen molar-refractivity contribution in [2.75, 3.05) is 25.5 Å². The van der Waals surface area contributed by atoms with Crippen LogP contribution >= 0.6 is 0 Å². The summed E-state index contributed by atoms with van der Waals surface area (Å²) in [5, 5.41) is 5.04. The van der Waals surface area contributed by atoms with Gasteiger partial charge in [-0.3, -0.25) is 28.9 Å². The van der Waals surface area contributed by atoms with Crippen LogP contribution in [0.1, 0.15) is 42.5 Å². The molecule has 1 saturated carbocycles. The average Bonchev–Trinajstić information content (AvgIpc) is 3.00. The molecule has 1 heterocycles. The highest BCUT2D eigenvalue weighted by molar-refractivity contribution is 6.05. The van der Waals surface area contributed by atoms with Gasteiger partial charge in [0.15, 0.2) is 6.61 Å². The molecule has 1 aromatic rings. The van der Waals surface area contributed by atoms with E-state index in [0.717, 1.165) is 30.6 Å². The van der Waals surface area contributed by atoms with Crippen molar-refractivity contribution in [2.45, 2.75) is 32.1 Å². The van der Waals surface area contributed by atoms with Crippen LogP contribution in [0.2, 0.25) is 0 Å². The van der Waals surface area contributed by atoms with Gasteiger partial charge < -0.3 is 15.4 Å². The fourth-order valence-electron chi connectivity index (χ4n) is 3.95. The van der Waals surface area contributed by atoms with Crippen molar-refractivity contribution in [3.63, 3.8) is 0 Å². The minimum atomic E-state index is -0.667. The third-order valence-electron chi connectivity index (χ3n) is 5.47. The average molecular weight is 415 g/mol. The molecule has 30 heavy (non-hydrogen) atoms. The molecule has 1 aliphatic heterocycles. The van der Waals surface area contributed by atoms with Gasteiger partial charge in [0, 0.05) is 24.8 Å². The minimum Gasteiger partial charge on any atom is -0.456 e. The van der Waals surface area contributed by atoms with Crippen LogP contribution < -0.4 is 10.6 Å². The molecule has 1 saturated heterocycles. The van der Waals surface area contributed by atoms with E-state index in [2.05, 4.69) is 10.6 Å². The summed E-state index contributed by atoms with van der Waals surface area (Å²) in [5.41, 5.74) is 0.779. The van der Waals surface area contributed by atoms with Gasteiger partial charge in [0.2, 0.25) is 11.8 Å². The zero-order chi connectivity index (χ0) is 21.7. The van der Waals surface area contributed by atoms with E-state index in [1.54, 1.807) is 18.2 Å². The van der Waals surface area contributed by atoms with Crippen LogP contribution in [0.5, 0.6) is 0 Å². The number of amides is 4. The Bertz CT molecular complexity index is 844. The van der Waals surface area contributed by atoms with Gasteiger partial charge in [0.25, 0.3) is 11.8 Å². The number of benzene rings is 1. The first-order chi connectivity index (χ1) is 14.4. The minimum absolute atomic E-state index is 0.0285. The monoisotopic (exact) mass is 415 g/mol. The Hall–Kier alpha value is -3.23. The fourth-order valence-corrected chi connectivity index (χ4v) is 3.95. The van der Waals surface area contributed by atoms with Gasteiger partial charge >= 0.3 is 5.97 Å². The SMILES string of the molecule is CNC(=O)c1cccc(NC(=O)COC(=O)CCN2C(=O)[C@H]3CCCC[C@@H]3C2=O)c1. The van der Waals surface area contributed by atoms with E-state index in [1.807, 2.05) is 0 Å². The van der Waals surface area contributed by atoms with Crippen molar-refractivity contribution in [2.24, 2.45) is 11.8 Å². The Kier molecular flexibility index (Phi) is 6.81. The highest BCUT2D eigenvalue weighted by atomic mass is 16.5. The Morgan fingerprint density at radius 3 is 2.40 bits per heavy atom. The van der Waals surface area contributed by atoms with Crippen LogP contribution in [0.25, 0.3) is 0 Å². The molecule has 2 fully saturated rings. The van der Waals surface area contributed by atoms with E-state index in [1.165, 1.54) is 13.1 Å². The summed E-state index contributed by atoms with van der Waals surface area (Å²) < 4.78 is 4.94. The zero-order valence-electron chi connectivity index (χ0n) is 16.8. The third kappa shape index (κ3) is 4.84. The number of hydrogen-bond donors (Lipinski definition) is 2. The number of carbonyl (C=O) groups is 5. The van der Waals surface area contributed by atoms with Crippen LogP contribution in [0.4, 0.5) is 5.69 Å². The van der Waals surface area contributed by atoms with Crippen LogP contribution in [-0.2, 0) is 23.9 Å². The molecule has 0 unspecified atom stereocenters. The fraction of sp³-hybridized carbons (Fsp3) is 0.476. The Balaban J connectivity index is 1.43. The molecule has 9 nitrogen and oxygen atoms in total. The molecule has 160 valence electrons. The number of hydrogen-bond acceptors (Lipinski definition) is 6. The predicted molar refractivity (Wildman–Crippen MR) is 106 cm³/mol. The first-order valence-corrected chi connectivity index (χ1v) is 10.0. The van der Waals surface area contributed by atoms with Crippen LogP contribution in [0.15, 0.2) is 24.3 Å². The quantitative estimate of drug-likeness (QED) is 0.508. The largest absolute Gasteiger partial charge is 0.456 e. The summed E-state index contributed by atoms with van der Waals surface area (Å²) >= 11 is 0. The number of likely N-dealkylation sites (tertiary alicyclic amines) is 1. The Morgan fingerprint density at radius 1 is 1.10 bits per heavy atom. The molecule has 1 aromatic carbocycles. The Morgan fingerprint density at radius 2 is 1.77 bits per heavy atom. The number of esters is 1. The summed E-state index contributed by atoms with van der Waals surface area (Å²) in [5.74, 6) is -2.42. The molecule has 2 atom stereocenters. The first-order valence-electron chi connectivity index (χ1n) is 10.0. The molecule has 0 bridgehead atoms. The normalized spacial score (nSPS) is 20.5. The summed E-state index contributed by atoms with van der Waals surface area (Å²) in [6, 6.07) is 6.33. The summed E-state index contributed by atoms with van der Waals surface area (Å²) in [6.07, 6.45) is 3.17. The number of carbonyl (C=O) groups excluding carboxylic acids is 5. The lowest BCUT2D eigenvalue weighted by Crippen LogP contribution is -2.33. The first kappa shape index (κ1) is 21.5. The van der Waals surface area contributed by atoms with Crippen molar-refractivity contribution >= 4 is 35.3 Å². The topological polar surface area (TPSA) is 122 Å². The summed E-state index contributed by atoms with van der Waals surface area (Å²) in [7, 11) is 1.50. The van der Waals surface area contributed by atoms with Crippen molar-refractivity contribution < 1.29 is 28.7 Å². The summed E-state index contributed by atoms with van der Waals surface area (Å²) in [6.45, 7) is -0.532. The third-order valence-corrected chi connectivity index (χ3v) is 5.47. The van der Waals surface area contributed by atoms with Crippen molar-refractivity contribution in [1.29, 1.82) is 0 Å². The van der Waals surface area contributed by atoms with Crippen molar-refractivity contribution in [1.82, 2.24) is 10.2 Å². The second-order valence-corrected chi connectivity index (χ2v) is 7.44. The number of nitrogens with one attached hydrogen (secondary N) is 2. The van der Waals surface area contributed by atoms with Gasteiger partial charge in [-0.2, -0.15) is 0 Å². The number of imide groups is 1. The molecule has 9 heteroatoms. The molecule has 2 aliphatic rings. The maximum absolute atomic E-state index is 12.4. The van der Waals surface area contributed by atoms with Crippen LogP contribution in [0.3, 0.4) is 0 Å². The second kappa shape index (κ2) is 9.51. The predicted octanol–water partition coefficient (Wildman–Crippen LogP) is 1.09. The van der Waals surface area contributed by atoms with E-state index in [9.17, 15) is 24.0 Å². The van der Waals surface area contributed by atoms with Gasteiger partial charge in [-0.05, 0) is 31.0 Å². The molecule has 0 aromatic heterocycles. The summed E-state index contributed by atoms with van der Waals surface area (Å²) in [4.78, 5) is 61.5.